The Morgan fingerprint density at radius 1 is 1.62 bits per heavy atom. The van der Waals surface area contributed by atoms with Crippen LogP contribution in [0.2, 0.25) is 0 Å². The highest BCUT2D eigenvalue weighted by Crippen LogP contribution is 2.32. The molecule has 5 heteroatoms. The van der Waals surface area contributed by atoms with Gasteiger partial charge in [-0.2, -0.15) is 0 Å². The van der Waals surface area contributed by atoms with Crippen molar-refractivity contribution in [3.63, 3.8) is 0 Å². The van der Waals surface area contributed by atoms with E-state index in [4.69, 9.17) is 9.52 Å². The van der Waals surface area contributed by atoms with Gasteiger partial charge in [0.05, 0.1) is 12.2 Å². The van der Waals surface area contributed by atoms with Crippen LogP contribution >= 0.6 is 0 Å². The standard InChI is InChI=1S/C11H16N2O3/c1-6-7(2)16-9(13-6)5-12-10(11(14)15)8-3-4-8/h8,10,12H,3-5H2,1-2H3,(H,14,15). The van der Waals surface area contributed by atoms with Crippen LogP contribution < -0.4 is 5.32 Å². The van der Waals surface area contributed by atoms with Crippen LogP contribution in [0.4, 0.5) is 0 Å². The molecule has 1 atom stereocenters. The second-order valence-electron chi connectivity index (χ2n) is 4.28. The third-order valence-electron chi connectivity index (χ3n) is 2.91. The van der Waals surface area contributed by atoms with E-state index in [1.165, 1.54) is 0 Å². The summed E-state index contributed by atoms with van der Waals surface area (Å²) in [6.45, 7) is 4.10. The Hall–Kier alpha value is -1.36. The maximum absolute atomic E-state index is 11.0. The maximum Gasteiger partial charge on any atom is 0.320 e. The SMILES string of the molecule is Cc1nc(CNC(C(=O)O)C2CC2)oc1C. The molecule has 16 heavy (non-hydrogen) atoms. The number of nitrogens with one attached hydrogen (secondary N) is 1. The number of rotatable bonds is 5. The summed E-state index contributed by atoms with van der Waals surface area (Å²) in [7, 11) is 0. The van der Waals surface area contributed by atoms with E-state index in [2.05, 4.69) is 10.3 Å². The Morgan fingerprint density at radius 2 is 2.31 bits per heavy atom. The molecule has 1 aliphatic rings. The number of nitrogens with zero attached hydrogens (tertiary/aromatic N) is 1. The summed E-state index contributed by atoms with van der Waals surface area (Å²) in [5, 5.41) is 12.0. The summed E-state index contributed by atoms with van der Waals surface area (Å²) >= 11 is 0. The van der Waals surface area contributed by atoms with Crippen molar-refractivity contribution in [1.82, 2.24) is 10.3 Å². The summed E-state index contributed by atoms with van der Waals surface area (Å²) in [5.74, 6) is 0.828. The zero-order chi connectivity index (χ0) is 11.7. The van der Waals surface area contributed by atoms with Gasteiger partial charge in [-0.15, -0.1) is 0 Å². The Bertz CT molecular complexity index is 376. The highest BCUT2D eigenvalue weighted by atomic mass is 16.4. The number of aliphatic carboxylic acids is 1. The van der Waals surface area contributed by atoms with Crippen molar-refractivity contribution in [2.45, 2.75) is 39.3 Å². The molecule has 5 nitrogen and oxygen atoms in total. The van der Waals surface area contributed by atoms with Crippen molar-refractivity contribution in [3.05, 3.63) is 17.3 Å². The zero-order valence-corrected chi connectivity index (χ0v) is 9.49. The monoisotopic (exact) mass is 224 g/mol. The van der Waals surface area contributed by atoms with Crippen molar-refractivity contribution in [2.24, 2.45) is 5.92 Å². The second kappa shape index (κ2) is 4.25. The normalized spacial score (nSPS) is 17.4. The molecule has 0 radical (unpaired) electrons. The molecule has 1 aliphatic carbocycles. The molecular weight excluding hydrogens is 208 g/mol. The minimum absolute atomic E-state index is 0.273. The van der Waals surface area contributed by atoms with Crippen LogP contribution in [0, 0.1) is 19.8 Å². The first kappa shape index (κ1) is 11.1. The Morgan fingerprint density at radius 3 is 2.75 bits per heavy atom. The fourth-order valence-electron chi connectivity index (χ4n) is 1.70. The average Bonchev–Trinajstić information content (AvgIpc) is 2.96. The van der Waals surface area contributed by atoms with Crippen molar-refractivity contribution in [1.29, 1.82) is 0 Å². The lowest BCUT2D eigenvalue weighted by Gasteiger charge is -2.11. The second-order valence-corrected chi connectivity index (χ2v) is 4.28. The molecule has 1 fully saturated rings. The third kappa shape index (κ3) is 2.41. The molecule has 1 aromatic rings. The predicted octanol–water partition coefficient (Wildman–Crippen LogP) is 1.24. The fraction of sp³-hybridized carbons (Fsp3) is 0.636. The molecule has 1 saturated carbocycles. The minimum atomic E-state index is -0.789. The van der Waals surface area contributed by atoms with Gasteiger partial charge in [0, 0.05) is 0 Å². The van der Waals surface area contributed by atoms with E-state index in [0.717, 1.165) is 24.3 Å². The maximum atomic E-state index is 11.0. The molecule has 0 aromatic carbocycles. The zero-order valence-electron chi connectivity index (χ0n) is 9.49. The first-order valence-electron chi connectivity index (χ1n) is 5.47. The minimum Gasteiger partial charge on any atom is -0.480 e. The van der Waals surface area contributed by atoms with Crippen LogP contribution in [0.3, 0.4) is 0 Å². The van der Waals surface area contributed by atoms with E-state index in [1.807, 2.05) is 13.8 Å². The lowest BCUT2D eigenvalue weighted by molar-refractivity contribution is -0.140. The van der Waals surface area contributed by atoms with Gasteiger partial charge in [-0.3, -0.25) is 10.1 Å². The lowest BCUT2D eigenvalue weighted by Crippen LogP contribution is -2.38. The predicted molar refractivity (Wildman–Crippen MR) is 57.0 cm³/mol. The van der Waals surface area contributed by atoms with Gasteiger partial charge in [-0.05, 0) is 32.6 Å². The van der Waals surface area contributed by atoms with Crippen molar-refractivity contribution < 1.29 is 14.3 Å². The molecule has 0 amide bonds. The van der Waals surface area contributed by atoms with E-state index >= 15 is 0 Å². The molecule has 0 bridgehead atoms. The van der Waals surface area contributed by atoms with Gasteiger partial charge in [-0.25, -0.2) is 4.98 Å². The molecule has 1 aromatic heterocycles. The van der Waals surface area contributed by atoms with Crippen LogP contribution in [0.15, 0.2) is 4.42 Å². The molecule has 2 rings (SSSR count). The van der Waals surface area contributed by atoms with Crippen LogP contribution in [0.1, 0.15) is 30.2 Å². The number of aromatic nitrogens is 1. The number of hydrogen-bond acceptors (Lipinski definition) is 4. The molecular formula is C11H16N2O3. The summed E-state index contributed by atoms with van der Waals surface area (Å²) in [4.78, 5) is 15.2. The fourth-order valence-corrected chi connectivity index (χ4v) is 1.70. The number of carboxylic acids is 1. The Labute approximate surface area is 93.9 Å². The largest absolute Gasteiger partial charge is 0.480 e. The van der Waals surface area contributed by atoms with Gasteiger partial charge < -0.3 is 9.52 Å². The van der Waals surface area contributed by atoms with Gasteiger partial charge in [0.15, 0.2) is 0 Å². The highest BCUT2D eigenvalue weighted by Gasteiger charge is 2.35. The van der Waals surface area contributed by atoms with Crippen LogP contribution in [-0.4, -0.2) is 22.1 Å². The van der Waals surface area contributed by atoms with Crippen LogP contribution in [0.25, 0.3) is 0 Å². The molecule has 88 valence electrons. The molecule has 0 spiro atoms. The number of oxazole rings is 1. The van der Waals surface area contributed by atoms with Crippen molar-refractivity contribution in [3.8, 4) is 0 Å². The van der Waals surface area contributed by atoms with Crippen molar-refractivity contribution >= 4 is 5.97 Å². The van der Waals surface area contributed by atoms with Gasteiger partial charge in [0.2, 0.25) is 5.89 Å². The quantitative estimate of drug-likeness (QED) is 0.787. The Kier molecular flexibility index (Phi) is 2.96. The topological polar surface area (TPSA) is 75.4 Å². The number of aryl methyl sites for hydroxylation is 2. The number of carbonyl (C=O) groups is 1. The van der Waals surface area contributed by atoms with E-state index in [9.17, 15) is 4.79 Å². The lowest BCUT2D eigenvalue weighted by atomic mass is 10.2. The van der Waals surface area contributed by atoms with Gasteiger partial charge in [0.1, 0.15) is 11.8 Å². The Balaban J connectivity index is 1.92. The molecule has 2 N–H and O–H groups in total. The van der Waals surface area contributed by atoms with Crippen LogP contribution in [-0.2, 0) is 11.3 Å². The smallest absolute Gasteiger partial charge is 0.320 e. The van der Waals surface area contributed by atoms with Crippen LogP contribution in [0.5, 0.6) is 0 Å². The van der Waals surface area contributed by atoms with Gasteiger partial charge >= 0.3 is 5.97 Å². The molecule has 1 unspecified atom stereocenters. The highest BCUT2D eigenvalue weighted by molar-refractivity contribution is 5.74. The van der Waals surface area contributed by atoms with E-state index in [-0.39, 0.29) is 5.92 Å². The summed E-state index contributed by atoms with van der Waals surface area (Å²) < 4.78 is 5.38. The van der Waals surface area contributed by atoms with Crippen molar-refractivity contribution in [2.75, 3.05) is 0 Å². The summed E-state index contributed by atoms with van der Waals surface area (Å²) in [6, 6.07) is -0.465. The summed E-state index contributed by atoms with van der Waals surface area (Å²) in [6.07, 6.45) is 1.99. The molecule has 0 aliphatic heterocycles. The average molecular weight is 224 g/mol. The number of hydrogen-bond donors (Lipinski definition) is 2. The van der Waals surface area contributed by atoms with Gasteiger partial charge in [-0.1, -0.05) is 0 Å². The first-order chi connectivity index (χ1) is 7.58. The van der Waals surface area contributed by atoms with E-state index in [1.54, 1.807) is 0 Å². The van der Waals surface area contributed by atoms with E-state index < -0.39 is 12.0 Å². The molecule has 1 heterocycles. The molecule has 0 saturated heterocycles. The number of carboxylic acid groups (broad SMARTS) is 1. The summed E-state index contributed by atoms with van der Waals surface area (Å²) in [5.41, 5.74) is 0.857. The van der Waals surface area contributed by atoms with E-state index in [0.29, 0.717) is 12.4 Å². The van der Waals surface area contributed by atoms with Gasteiger partial charge in [0.25, 0.3) is 0 Å². The third-order valence-corrected chi connectivity index (χ3v) is 2.91. The first-order valence-corrected chi connectivity index (χ1v) is 5.47.